The molecular formula is C10H15N3O4. The first-order valence-corrected chi connectivity index (χ1v) is 4.96. The third-order valence-corrected chi connectivity index (χ3v) is 1.79. The Morgan fingerprint density at radius 1 is 1.41 bits per heavy atom. The second kappa shape index (κ2) is 7.98. The lowest BCUT2D eigenvalue weighted by Gasteiger charge is -2.13. The lowest BCUT2D eigenvalue weighted by Crippen LogP contribution is -2.47. The molecule has 5 N–H and O–H groups in total. The summed E-state index contributed by atoms with van der Waals surface area (Å²) >= 11 is 0. The average Bonchev–Trinajstić information content (AvgIpc) is 2.22. The Labute approximate surface area is 98.7 Å². The van der Waals surface area contributed by atoms with Gasteiger partial charge in [-0.15, -0.1) is 12.3 Å². The van der Waals surface area contributed by atoms with Crippen molar-refractivity contribution < 1.29 is 19.5 Å². The van der Waals surface area contributed by atoms with Gasteiger partial charge in [0.15, 0.2) is 0 Å². The van der Waals surface area contributed by atoms with Crippen LogP contribution in [0.25, 0.3) is 0 Å². The lowest BCUT2D eigenvalue weighted by molar-refractivity contribution is -0.140. The molecule has 7 nitrogen and oxygen atoms in total. The Morgan fingerprint density at radius 3 is 2.53 bits per heavy atom. The first kappa shape index (κ1) is 14.8. The first-order valence-electron chi connectivity index (χ1n) is 4.96. The SMILES string of the molecule is C#CCCCNC(=O)NC(CC(N)=O)C(=O)O. The van der Waals surface area contributed by atoms with Crippen molar-refractivity contribution in [2.75, 3.05) is 6.54 Å². The summed E-state index contributed by atoms with van der Waals surface area (Å²) in [7, 11) is 0. The minimum Gasteiger partial charge on any atom is -0.480 e. The van der Waals surface area contributed by atoms with Crippen LogP contribution in [0, 0.1) is 12.3 Å². The van der Waals surface area contributed by atoms with Crippen molar-refractivity contribution in [2.24, 2.45) is 5.73 Å². The molecule has 0 radical (unpaired) electrons. The summed E-state index contributed by atoms with van der Waals surface area (Å²) in [5, 5.41) is 13.2. The van der Waals surface area contributed by atoms with E-state index >= 15 is 0 Å². The number of nitrogens with one attached hydrogen (secondary N) is 2. The molecule has 0 saturated carbocycles. The zero-order valence-corrected chi connectivity index (χ0v) is 9.23. The van der Waals surface area contributed by atoms with Gasteiger partial charge in [-0.3, -0.25) is 4.79 Å². The lowest BCUT2D eigenvalue weighted by atomic mass is 10.2. The molecule has 0 bridgehead atoms. The van der Waals surface area contributed by atoms with Crippen LogP contribution >= 0.6 is 0 Å². The third-order valence-electron chi connectivity index (χ3n) is 1.79. The van der Waals surface area contributed by atoms with E-state index in [1.807, 2.05) is 0 Å². The van der Waals surface area contributed by atoms with E-state index < -0.39 is 30.4 Å². The molecule has 0 aromatic heterocycles. The van der Waals surface area contributed by atoms with Crippen LogP contribution in [0.2, 0.25) is 0 Å². The number of unbranched alkanes of at least 4 members (excludes halogenated alkanes) is 1. The molecule has 0 saturated heterocycles. The van der Waals surface area contributed by atoms with E-state index in [1.165, 1.54) is 0 Å². The summed E-state index contributed by atoms with van der Waals surface area (Å²) in [5.41, 5.74) is 4.85. The van der Waals surface area contributed by atoms with E-state index in [-0.39, 0.29) is 0 Å². The smallest absolute Gasteiger partial charge is 0.326 e. The van der Waals surface area contributed by atoms with Gasteiger partial charge in [0.05, 0.1) is 6.42 Å². The van der Waals surface area contributed by atoms with E-state index in [2.05, 4.69) is 16.6 Å². The molecular weight excluding hydrogens is 226 g/mol. The van der Waals surface area contributed by atoms with Gasteiger partial charge < -0.3 is 21.5 Å². The molecule has 0 aromatic carbocycles. The number of urea groups is 1. The predicted molar refractivity (Wildman–Crippen MR) is 59.8 cm³/mol. The van der Waals surface area contributed by atoms with Crippen LogP contribution < -0.4 is 16.4 Å². The maximum absolute atomic E-state index is 11.2. The second-order valence-corrected chi connectivity index (χ2v) is 3.27. The van der Waals surface area contributed by atoms with Gasteiger partial charge in [-0.05, 0) is 6.42 Å². The van der Waals surface area contributed by atoms with Crippen LogP contribution in [0.5, 0.6) is 0 Å². The van der Waals surface area contributed by atoms with Gasteiger partial charge in [-0.25, -0.2) is 9.59 Å². The molecule has 0 aromatic rings. The number of carbonyl (C=O) groups excluding carboxylic acids is 2. The van der Waals surface area contributed by atoms with Crippen molar-refractivity contribution >= 4 is 17.9 Å². The van der Waals surface area contributed by atoms with E-state index in [1.54, 1.807) is 0 Å². The summed E-state index contributed by atoms with van der Waals surface area (Å²) in [6, 6.07) is -1.99. The summed E-state index contributed by atoms with van der Waals surface area (Å²) in [5.74, 6) is 0.282. The van der Waals surface area contributed by atoms with Crippen molar-refractivity contribution in [2.45, 2.75) is 25.3 Å². The Balaban J connectivity index is 4.01. The standard InChI is InChI=1S/C10H15N3O4/c1-2-3-4-5-12-10(17)13-7(9(15)16)6-8(11)14/h1,7H,3-6H2,(H2,11,14)(H,15,16)(H2,12,13,17). The van der Waals surface area contributed by atoms with Gasteiger partial charge in [0, 0.05) is 13.0 Å². The molecule has 0 heterocycles. The van der Waals surface area contributed by atoms with Gasteiger partial charge in [0.1, 0.15) is 6.04 Å². The topological polar surface area (TPSA) is 122 Å². The summed E-state index contributed by atoms with van der Waals surface area (Å²) in [6.07, 6.45) is 5.67. The molecule has 0 aliphatic carbocycles. The number of rotatable bonds is 7. The summed E-state index contributed by atoms with van der Waals surface area (Å²) in [4.78, 5) is 32.4. The number of hydrogen-bond donors (Lipinski definition) is 4. The molecule has 0 fully saturated rings. The molecule has 0 aliphatic rings. The Hall–Kier alpha value is -2.23. The van der Waals surface area contributed by atoms with Crippen molar-refractivity contribution in [3.63, 3.8) is 0 Å². The van der Waals surface area contributed by atoms with Gasteiger partial charge >= 0.3 is 12.0 Å². The molecule has 0 spiro atoms. The fourth-order valence-electron chi connectivity index (χ4n) is 1.00. The van der Waals surface area contributed by atoms with Gasteiger partial charge in [-0.1, -0.05) is 0 Å². The van der Waals surface area contributed by atoms with Crippen LogP contribution in [0.15, 0.2) is 0 Å². The zero-order chi connectivity index (χ0) is 13.3. The Bertz CT molecular complexity index is 335. The fraction of sp³-hybridized carbons (Fsp3) is 0.500. The monoisotopic (exact) mass is 241 g/mol. The highest BCUT2D eigenvalue weighted by Gasteiger charge is 2.21. The van der Waals surface area contributed by atoms with Crippen molar-refractivity contribution in [1.82, 2.24) is 10.6 Å². The molecule has 0 aliphatic heterocycles. The van der Waals surface area contributed by atoms with Gasteiger partial charge in [0.25, 0.3) is 0 Å². The van der Waals surface area contributed by atoms with Crippen LogP contribution in [0.3, 0.4) is 0 Å². The molecule has 1 atom stereocenters. The van der Waals surface area contributed by atoms with E-state index in [9.17, 15) is 14.4 Å². The minimum atomic E-state index is -1.32. The number of nitrogens with two attached hydrogens (primary N) is 1. The number of terminal acetylenes is 1. The maximum atomic E-state index is 11.2. The van der Waals surface area contributed by atoms with Gasteiger partial charge in [0.2, 0.25) is 5.91 Å². The van der Waals surface area contributed by atoms with Crippen LogP contribution in [0.1, 0.15) is 19.3 Å². The Kier molecular flexibility index (Phi) is 6.94. The first-order chi connectivity index (χ1) is 7.97. The summed E-state index contributed by atoms with van der Waals surface area (Å²) < 4.78 is 0. The van der Waals surface area contributed by atoms with E-state index in [0.29, 0.717) is 19.4 Å². The maximum Gasteiger partial charge on any atom is 0.326 e. The highest BCUT2D eigenvalue weighted by molar-refractivity contribution is 5.87. The average molecular weight is 241 g/mol. The van der Waals surface area contributed by atoms with Crippen molar-refractivity contribution in [1.29, 1.82) is 0 Å². The molecule has 94 valence electrons. The molecule has 3 amide bonds. The Morgan fingerprint density at radius 2 is 2.06 bits per heavy atom. The number of carboxylic acids is 1. The van der Waals surface area contributed by atoms with Crippen LogP contribution in [-0.4, -0.2) is 35.6 Å². The fourth-order valence-corrected chi connectivity index (χ4v) is 1.00. The number of aliphatic carboxylic acids is 1. The van der Waals surface area contributed by atoms with E-state index in [0.717, 1.165) is 0 Å². The molecule has 1 unspecified atom stereocenters. The number of amides is 3. The highest BCUT2D eigenvalue weighted by Crippen LogP contribution is 1.91. The number of carbonyl (C=O) groups is 3. The van der Waals surface area contributed by atoms with Crippen LogP contribution in [-0.2, 0) is 9.59 Å². The predicted octanol–water partition coefficient (Wildman–Crippen LogP) is -0.972. The molecule has 7 heteroatoms. The normalized spacial score (nSPS) is 11.0. The van der Waals surface area contributed by atoms with Gasteiger partial charge in [-0.2, -0.15) is 0 Å². The quantitative estimate of drug-likeness (QED) is 0.338. The number of carboxylic acid groups (broad SMARTS) is 1. The number of primary amides is 1. The van der Waals surface area contributed by atoms with Crippen molar-refractivity contribution in [3.8, 4) is 12.3 Å². The summed E-state index contributed by atoms with van der Waals surface area (Å²) in [6.45, 7) is 0.332. The number of hydrogen-bond acceptors (Lipinski definition) is 3. The minimum absolute atomic E-state index is 0.332. The molecule has 0 rings (SSSR count). The second-order valence-electron chi connectivity index (χ2n) is 3.27. The largest absolute Gasteiger partial charge is 0.480 e. The van der Waals surface area contributed by atoms with E-state index in [4.69, 9.17) is 17.3 Å². The highest BCUT2D eigenvalue weighted by atomic mass is 16.4. The molecule has 17 heavy (non-hydrogen) atoms. The van der Waals surface area contributed by atoms with Crippen molar-refractivity contribution in [3.05, 3.63) is 0 Å². The third kappa shape index (κ3) is 7.67. The zero-order valence-electron chi connectivity index (χ0n) is 9.23. The van der Waals surface area contributed by atoms with Crippen LogP contribution in [0.4, 0.5) is 4.79 Å².